The summed E-state index contributed by atoms with van der Waals surface area (Å²) >= 11 is 6.00. The predicted octanol–water partition coefficient (Wildman–Crippen LogP) is 3.80. The van der Waals surface area contributed by atoms with Crippen molar-refractivity contribution >= 4 is 17.4 Å². The summed E-state index contributed by atoms with van der Waals surface area (Å²) in [6, 6.07) is 2.70. The first-order chi connectivity index (χ1) is 8.92. The maximum absolute atomic E-state index is 12.0. The van der Waals surface area contributed by atoms with Gasteiger partial charge in [-0.3, -0.25) is 0 Å². The average molecular weight is 295 g/mol. The number of halogens is 4. The number of aromatic nitrogens is 1. The Bertz CT molecular complexity index is 410. The van der Waals surface area contributed by atoms with Crippen molar-refractivity contribution in [2.45, 2.75) is 31.0 Å². The van der Waals surface area contributed by atoms with Crippen LogP contribution in [-0.2, 0) is 0 Å². The van der Waals surface area contributed by atoms with Crippen molar-refractivity contribution in [3.05, 3.63) is 18.3 Å². The SMILES string of the molecule is FC(F)(F)Oc1ccc(NCC2CCC(Cl)C2)nc1. The van der Waals surface area contributed by atoms with Crippen molar-refractivity contribution in [3.8, 4) is 5.75 Å². The first-order valence-electron chi connectivity index (χ1n) is 6.02. The van der Waals surface area contributed by atoms with Crippen LogP contribution in [0.15, 0.2) is 18.3 Å². The third-order valence-electron chi connectivity index (χ3n) is 3.02. The van der Waals surface area contributed by atoms with Crippen molar-refractivity contribution in [1.29, 1.82) is 0 Å². The zero-order valence-electron chi connectivity index (χ0n) is 10.1. The van der Waals surface area contributed by atoms with Crippen molar-refractivity contribution in [3.63, 3.8) is 0 Å². The minimum Gasteiger partial charge on any atom is -0.404 e. The highest BCUT2D eigenvalue weighted by Crippen LogP contribution is 2.29. The molecule has 3 nitrogen and oxygen atoms in total. The summed E-state index contributed by atoms with van der Waals surface area (Å²) in [7, 11) is 0. The topological polar surface area (TPSA) is 34.1 Å². The molecule has 0 radical (unpaired) electrons. The van der Waals surface area contributed by atoms with E-state index >= 15 is 0 Å². The molecule has 1 aromatic heterocycles. The number of alkyl halides is 4. The summed E-state index contributed by atoms with van der Waals surface area (Å²) < 4.78 is 39.6. The quantitative estimate of drug-likeness (QED) is 0.858. The van der Waals surface area contributed by atoms with Gasteiger partial charge in [-0.05, 0) is 37.3 Å². The van der Waals surface area contributed by atoms with E-state index in [0.717, 1.165) is 32.0 Å². The van der Waals surface area contributed by atoms with Crippen molar-refractivity contribution < 1.29 is 17.9 Å². The van der Waals surface area contributed by atoms with Gasteiger partial charge in [-0.15, -0.1) is 24.8 Å². The number of ether oxygens (including phenoxy) is 1. The van der Waals surface area contributed by atoms with Crippen molar-refractivity contribution in [2.75, 3.05) is 11.9 Å². The summed E-state index contributed by atoms with van der Waals surface area (Å²) in [6.07, 6.45) is -0.593. The van der Waals surface area contributed by atoms with Crippen LogP contribution >= 0.6 is 11.6 Å². The highest BCUT2D eigenvalue weighted by atomic mass is 35.5. The Hall–Kier alpha value is -1.17. The number of pyridine rings is 1. The van der Waals surface area contributed by atoms with Crippen LogP contribution in [0, 0.1) is 5.92 Å². The van der Waals surface area contributed by atoms with Crippen LogP contribution in [0.3, 0.4) is 0 Å². The molecule has 0 aromatic carbocycles. The average Bonchev–Trinajstić information content (AvgIpc) is 2.72. The molecule has 106 valence electrons. The number of nitrogens with zero attached hydrogens (tertiary/aromatic N) is 1. The highest BCUT2D eigenvalue weighted by Gasteiger charge is 2.31. The van der Waals surface area contributed by atoms with Crippen molar-refractivity contribution in [1.82, 2.24) is 4.98 Å². The van der Waals surface area contributed by atoms with E-state index in [9.17, 15) is 13.2 Å². The second-order valence-electron chi connectivity index (χ2n) is 4.58. The molecule has 0 bridgehead atoms. The molecule has 1 fully saturated rings. The van der Waals surface area contributed by atoms with E-state index in [4.69, 9.17) is 11.6 Å². The van der Waals surface area contributed by atoms with Gasteiger partial charge in [0.15, 0.2) is 0 Å². The Labute approximate surface area is 114 Å². The molecule has 1 aliphatic carbocycles. The highest BCUT2D eigenvalue weighted by molar-refractivity contribution is 6.20. The lowest BCUT2D eigenvalue weighted by Crippen LogP contribution is -2.17. The molecule has 0 amide bonds. The molecule has 1 aliphatic rings. The number of nitrogens with one attached hydrogen (secondary N) is 1. The van der Waals surface area contributed by atoms with E-state index < -0.39 is 6.36 Å². The second-order valence-corrected chi connectivity index (χ2v) is 5.20. The standard InChI is InChI=1S/C12H14ClF3N2O/c13-9-2-1-8(5-9)6-17-11-4-3-10(7-18-11)19-12(14,15)16/h3-4,7-9H,1-2,5-6H2,(H,17,18). The number of anilines is 1. The fourth-order valence-electron chi connectivity index (χ4n) is 2.13. The molecular formula is C12H14ClF3N2O. The molecule has 2 atom stereocenters. The lowest BCUT2D eigenvalue weighted by atomic mass is 10.1. The molecule has 0 saturated heterocycles. The Morgan fingerprint density at radius 2 is 2.16 bits per heavy atom. The maximum Gasteiger partial charge on any atom is 0.573 e. The van der Waals surface area contributed by atoms with E-state index in [0.29, 0.717) is 11.7 Å². The Morgan fingerprint density at radius 1 is 1.37 bits per heavy atom. The van der Waals surface area contributed by atoms with Crippen LogP contribution in [0.2, 0.25) is 0 Å². The van der Waals surface area contributed by atoms with Crippen LogP contribution in [0.25, 0.3) is 0 Å². The van der Waals surface area contributed by atoms with Crippen molar-refractivity contribution in [2.24, 2.45) is 5.92 Å². The molecule has 1 heterocycles. The van der Waals surface area contributed by atoms with Crippen LogP contribution in [0.5, 0.6) is 5.75 Å². The molecule has 0 aliphatic heterocycles. The van der Waals surface area contributed by atoms with Gasteiger partial charge < -0.3 is 10.1 Å². The molecule has 1 saturated carbocycles. The second kappa shape index (κ2) is 5.86. The van der Waals surface area contributed by atoms with Gasteiger partial charge in [-0.1, -0.05) is 0 Å². The molecule has 19 heavy (non-hydrogen) atoms. The fourth-order valence-corrected chi connectivity index (χ4v) is 2.51. The summed E-state index contributed by atoms with van der Waals surface area (Å²) in [5, 5.41) is 3.33. The molecule has 1 N–H and O–H groups in total. The zero-order valence-corrected chi connectivity index (χ0v) is 10.8. The van der Waals surface area contributed by atoms with Gasteiger partial charge in [0.25, 0.3) is 0 Å². The first kappa shape index (κ1) is 14.2. The van der Waals surface area contributed by atoms with Gasteiger partial charge in [0.1, 0.15) is 11.6 Å². The van der Waals surface area contributed by atoms with E-state index in [2.05, 4.69) is 15.0 Å². The summed E-state index contributed by atoms with van der Waals surface area (Å²) in [6.45, 7) is 0.732. The number of hydrogen-bond acceptors (Lipinski definition) is 3. The summed E-state index contributed by atoms with van der Waals surface area (Å²) in [5.41, 5.74) is 0. The van der Waals surface area contributed by atoms with Gasteiger partial charge in [-0.2, -0.15) is 0 Å². The Balaban J connectivity index is 1.82. The predicted molar refractivity (Wildman–Crippen MR) is 66.4 cm³/mol. The van der Waals surface area contributed by atoms with E-state index in [1.165, 1.54) is 12.1 Å². The summed E-state index contributed by atoms with van der Waals surface area (Å²) in [4.78, 5) is 3.87. The van der Waals surface area contributed by atoms with E-state index in [1.54, 1.807) is 0 Å². The van der Waals surface area contributed by atoms with Gasteiger partial charge in [0.2, 0.25) is 0 Å². The summed E-state index contributed by atoms with van der Waals surface area (Å²) in [5.74, 6) is 0.711. The Kier molecular flexibility index (Phi) is 4.39. The normalized spacial score (nSPS) is 23.4. The number of rotatable bonds is 4. The van der Waals surface area contributed by atoms with Gasteiger partial charge >= 0.3 is 6.36 Å². The molecular weight excluding hydrogens is 281 g/mol. The third kappa shape index (κ3) is 4.78. The minimum atomic E-state index is -4.68. The molecule has 2 rings (SSSR count). The van der Waals surface area contributed by atoms with Crippen LogP contribution in [0.1, 0.15) is 19.3 Å². The lowest BCUT2D eigenvalue weighted by molar-refractivity contribution is -0.274. The minimum absolute atomic E-state index is 0.238. The van der Waals surface area contributed by atoms with E-state index in [-0.39, 0.29) is 11.1 Å². The van der Waals surface area contributed by atoms with Gasteiger partial charge in [0.05, 0.1) is 6.20 Å². The molecule has 2 unspecified atom stereocenters. The number of hydrogen-bond donors (Lipinski definition) is 1. The smallest absolute Gasteiger partial charge is 0.404 e. The molecule has 7 heteroatoms. The Morgan fingerprint density at radius 3 is 2.68 bits per heavy atom. The van der Waals surface area contributed by atoms with Crippen LogP contribution in [-0.4, -0.2) is 23.3 Å². The monoisotopic (exact) mass is 294 g/mol. The van der Waals surface area contributed by atoms with Gasteiger partial charge in [-0.25, -0.2) is 4.98 Å². The largest absolute Gasteiger partial charge is 0.573 e. The molecule has 0 spiro atoms. The van der Waals surface area contributed by atoms with Crippen LogP contribution < -0.4 is 10.1 Å². The van der Waals surface area contributed by atoms with E-state index in [1.807, 2.05) is 0 Å². The molecule has 1 aromatic rings. The fraction of sp³-hybridized carbons (Fsp3) is 0.583. The van der Waals surface area contributed by atoms with Crippen LogP contribution in [0.4, 0.5) is 19.0 Å². The first-order valence-corrected chi connectivity index (χ1v) is 6.46. The van der Waals surface area contributed by atoms with Gasteiger partial charge in [0, 0.05) is 11.9 Å². The lowest BCUT2D eigenvalue weighted by Gasteiger charge is -2.12. The maximum atomic E-state index is 12.0. The third-order valence-corrected chi connectivity index (χ3v) is 3.42. The zero-order chi connectivity index (χ0) is 13.9.